The van der Waals surface area contributed by atoms with Crippen LogP contribution in [-0.4, -0.2) is 19.4 Å². The lowest BCUT2D eigenvalue weighted by atomic mass is 10.0. The topological polar surface area (TPSA) is 52.3 Å². The van der Waals surface area contributed by atoms with E-state index in [1.165, 1.54) is 7.11 Å². The third-order valence-corrected chi connectivity index (χ3v) is 3.29. The average molecular weight is 290 g/mol. The minimum Gasteiger partial charge on any atom is -0.496 e. The fourth-order valence-electron chi connectivity index (χ4n) is 2.00. The highest BCUT2D eigenvalue weighted by Gasteiger charge is 2.14. The Morgan fingerprint density at radius 3 is 2.50 bits per heavy atom. The smallest absolute Gasteiger partial charge is 0.196 e. The van der Waals surface area contributed by atoms with Gasteiger partial charge in [-0.1, -0.05) is 35.9 Å². The lowest BCUT2D eigenvalue weighted by Crippen LogP contribution is -2.05. The van der Waals surface area contributed by atoms with Gasteiger partial charge < -0.3 is 10.5 Å². The van der Waals surface area contributed by atoms with Crippen LogP contribution in [0.1, 0.15) is 21.5 Å². The molecule has 2 aromatic carbocycles. The number of rotatable bonds is 5. The van der Waals surface area contributed by atoms with Crippen molar-refractivity contribution in [3.63, 3.8) is 0 Å². The van der Waals surface area contributed by atoms with Gasteiger partial charge in [0.15, 0.2) is 5.78 Å². The van der Waals surface area contributed by atoms with Gasteiger partial charge in [0.05, 0.1) is 12.7 Å². The van der Waals surface area contributed by atoms with Crippen molar-refractivity contribution in [1.29, 1.82) is 0 Å². The van der Waals surface area contributed by atoms with Crippen LogP contribution in [0.15, 0.2) is 42.5 Å². The third-order valence-electron chi connectivity index (χ3n) is 3.06. The van der Waals surface area contributed by atoms with E-state index in [9.17, 15) is 4.79 Å². The van der Waals surface area contributed by atoms with Gasteiger partial charge in [-0.15, -0.1) is 0 Å². The second kappa shape index (κ2) is 6.55. The Morgan fingerprint density at radius 2 is 1.90 bits per heavy atom. The summed E-state index contributed by atoms with van der Waals surface area (Å²) in [6, 6.07) is 12.4. The van der Waals surface area contributed by atoms with Gasteiger partial charge in [-0.05, 0) is 36.7 Å². The number of carbonyl (C=O) groups excluding carboxylic acids is 1. The molecule has 0 atom stereocenters. The molecule has 2 N–H and O–H groups in total. The molecule has 0 spiro atoms. The summed E-state index contributed by atoms with van der Waals surface area (Å²) in [6.45, 7) is 0.593. The predicted molar refractivity (Wildman–Crippen MR) is 80.6 cm³/mol. The van der Waals surface area contributed by atoms with Crippen LogP contribution in [0.4, 0.5) is 0 Å². The van der Waals surface area contributed by atoms with E-state index in [4.69, 9.17) is 22.1 Å². The van der Waals surface area contributed by atoms with Crippen LogP contribution in [0, 0.1) is 0 Å². The van der Waals surface area contributed by atoms with E-state index >= 15 is 0 Å². The summed E-state index contributed by atoms with van der Waals surface area (Å²) in [6.07, 6.45) is 0.801. The van der Waals surface area contributed by atoms with Crippen LogP contribution in [0.2, 0.25) is 5.02 Å². The summed E-state index contributed by atoms with van der Waals surface area (Å²) in [4.78, 5) is 12.5. The Kier molecular flexibility index (Phi) is 4.77. The highest BCUT2D eigenvalue weighted by Crippen LogP contribution is 2.25. The second-order valence-corrected chi connectivity index (χ2v) is 4.85. The van der Waals surface area contributed by atoms with E-state index in [0.29, 0.717) is 28.4 Å². The summed E-state index contributed by atoms with van der Waals surface area (Å²) in [5, 5.41) is 0.508. The number of methoxy groups -OCH3 is 1. The standard InChI is InChI=1S/C16H16ClNO2/c1-20-15-7-6-13(17)10-14(15)16(19)12-4-2-11(3-5-12)8-9-18/h2-7,10H,8-9,18H2,1H3. The summed E-state index contributed by atoms with van der Waals surface area (Å²) >= 11 is 5.95. The summed E-state index contributed by atoms with van der Waals surface area (Å²) in [5.41, 5.74) is 7.69. The van der Waals surface area contributed by atoms with Crippen LogP contribution < -0.4 is 10.5 Å². The van der Waals surface area contributed by atoms with Gasteiger partial charge in [0.2, 0.25) is 0 Å². The normalized spacial score (nSPS) is 10.3. The molecule has 2 rings (SSSR count). The number of halogens is 1. The van der Waals surface area contributed by atoms with Crippen molar-refractivity contribution in [3.05, 3.63) is 64.2 Å². The number of benzene rings is 2. The first kappa shape index (κ1) is 14.6. The Balaban J connectivity index is 2.33. The fraction of sp³-hybridized carbons (Fsp3) is 0.188. The molecule has 0 radical (unpaired) electrons. The summed E-state index contributed by atoms with van der Waals surface area (Å²) < 4.78 is 5.21. The van der Waals surface area contributed by atoms with E-state index in [2.05, 4.69) is 0 Å². The quantitative estimate of drug-likeness (QED) is 0.861. The van der Waals surface area contributed by atoms with Gasteiger partial charge in [0.1, 0.15) is 5.75 Å². The zero-order valence-electron chi connectivity index (χ0n) is 11.2. The van der Waals surface area contributed by atoms with Gasteiger partial charge in [-0.25, -0.2) is 0 Å². The van der Waals surface area contributed by atoms with Crippen molar-refractivity contribution in [2.75, 3.05) is 13.7 Å². The molecule has 4 heteroatoms. The molecule has 0 saturated heterocycles. The molecule has 0 aliphatic heterocycles. The molecular weight excluding hydrogens is 274 g/mol. The highest BCUT2D eigenvalue weighted by atomic mass is 35.5. The van der Waals surface area contributed by atoms with Crippen molar-refractivity contribution in [2.24, 2.45) is 5.73 Å². The zero-order chi connectivity index (χ0) is 14.5. The first-order valence-corrected chi connectivity index (χ1v) is 6.70. The average Bonchev–Trinajstić information content (AvgIpc) is 2.47. The monoisotopic (exact) mass is 289 g/mol. The van der Waals surface area contributed by atoms with Crippen LogP contribution >= 0.6 is 11.6 Å². The molecule has 0 bridgehead atoms. The van der Waals surface area contributed by atoms with E-state index in [1.807, 2.05) is 12.1 Å². The lowest BCUT2D eigenvalue weighted by Gasteiger charge is -2.08. The molecule has 0 amide bonds. The SMILES string of the molecule is COc1ccc(Cl)cc1C(=O)c1ccc(CCN)cc1. The maximum absolute atomic E-state index is 12.5. The molecule has 0 aliphatic carbocycles. The maximum atomic E-state index is 12.5. The van der Waals surface area contributed by atoms with Crippen molar-refractivity contribution >= 4 is 17.4 Å². The Labute approximate surface area is 123 Å². The fourth-order valence-corrected chi connectivity index (χ4v) is 2.17. The van der Waals surface area contributed by atoms with Gasteiger partial charge >= 0.3 is 0 Å². The molecule has 20 heavy (non-hydrogen) atoms. The number of ether oxygens (including phenoxy) is 1. The third kappa shape index (κ3) is 3.18. The molecule has 0 aromatic heterocycles. The van der Waals surface area contributed by atoms with E-state index in [0.717, 1.165) is 12.0 Å². The van der Waals surface area contributed by atoms with E-state index < -0.39 is 0 Å². The minimum absolute atomic E-state index is 0.108. The van der Waals surface area contributed by atoms with Crippen molar-refractivity contribution in [2.45, 2.75) is 6.42 Å². The van der Waals surface area contributed by atoms with Gasteiger partial charge in [0.25, 0.3) is 0 Å². The lowest BCUT2D eigenvalue weighted by molar-refractivity contribution is 0.103. The number of carbonyl (C=O) groups is 1. The predicted octanol–water partition coefficient (Wildman–Crippen LogP) is 3.08. The van der Waals surface area contributed by atoms with Crippen molar-refractivity contribution in [3.8, 4) is 5.75 Å². The van der Waals surface area contributed by atoms with Gasteiger partial charge in [0, 0.05) is 10.6 Å². The Hall–Kier alpha value is -1.84. The first-order chi connectivity index (χ1) is 9.65. The van der Waals surface area contributed by atoms with E-state index in [1.54, 1.807) is 30.3 Å². The van der Waals surface area contributed by atoms with Crippen LogP contribution in [0.3, 0.4) is 0 Å². The molecule has 2 aromatic rings. The Morgan fingerprint density at radius 1 is 1.20 bits per heavy atom. The second-order valence-electron chi connectivity index (χ2n) is 4.41. The Bertz CT molecular complexity index is 608. The van der Waals surface area contributed by atoms with Gasteiger partial charge in [-0.3, -0.25) is 4.79 Å². The molecule has 0 heterocycles. The number of ketones is 1. The minimum atomic E-state index is -0.108. The van der Waals surface area contributed by atoms with E-state index in [-0.39, 0.29) is 5.78 Å². The number of hydrogen-bond donors (Lipinski definition) is 1. The van der Waals surface area contributed by atoms with Gasteiger partial charge in [-0.2, -0.15) is 0 Å². The molecule has 3 nitrogen and oxygen atoms in total. The molecule has 0 fully saturated rings. The van der Waals surface area contributed by atoms with Crippen molar-refractivity contribution < 1.29 is 9.53 Å². The molecular formula is C16H16ClNO2. The van der Waals surface area contributed by atoms with Crippen LogP contribution in [0.5, 0.6) is 5.75 Å². The highest BCUT2D eigenvalue weighted by molar-refractivity contribution is 6.31. The maximum Gasteiger partial charge on any atom is 0.196 e. The molecule has 104 valence electrons. The largest absolute Gasteiger partial charge is 0.496 e. The summed E-state index contributed by atoms with van der Waals surface area (Å²) in [7, 11) is 1.53. The first-order valence-electron chi connectivity index (χ1n) is 6.33. The van der Waals surface area contributed by atoms with Crippen LogP contribution in [0.25, 0.3) is 0 Å². The molecule has 0 saturated carbocycles. The summed E-state index contributed by atoms with van der Waals surface area (Å²) in [5.74, 6) is 0.411. The van der Waals surface area contributed by atoms with Crippen LogP contribution in [-0.2, 0) is 6.42 Å². The molecule has 0 unspecified atom stereocenters. The zero-order valence-corrected chi connectivity index (χ0v) is 12.0. The van der Waals surface area contributed by atoms with Crippen molar-refractivity contribution in [1.82, 2.24) is 0 Å². The number of hydrogen-bond acceptors (Lipinski definition) is 3. The number of nitrogens with two attached hydrogens (primary N) is 1. The molecule has 0 aliphatic rings.